The SMILES string of the molecule is NCC1CCCCC1NC(=O)c1cccc(N2CCCS2(=O)=O)c1. The Hall–Kier alpha value is -1.60. The molecular formula is C17H25N3O3S. The molecule has 1 aromatic rings. The third kappa shape index (κ3) is 3.57. The second-order valence-corrected chi connectivity index (χ2v) is 8.67. The first-order chi connectivity index (χ1) is 11.5. The highest BCUT2D eigenvalue weighted by molar-refractivity contribution is 7.93. The van der Waals surface area contributed by atoms with Crippen LogP contribution >= 0.6 is 0 Å². The molecule has 1 heterocycles. The maximum atomic E-state index is 12.6. The fourth-order valence-corrected chi connectivity index (χ4v) is 5.22. The second kappa shape index (κ2) is 7.11. The molecule has 132 valence electrons. The van der Waals surface area contributed by atoms with Crippen LogP contribution in [-0.4, -0.2) is 39.2 Å². The van der Waals surface area contributed by atoms with Crippen LogP contribution in [0.15, 0.2) is 24.3 Å². The van der Waals surface area contributed by atoms with E-state index >= 15 is 0 Å². The van der Waals surface area contributed by atoms with Gasteiger partial charge in [0.1, 0.15) is 0 Å². The van der Waals surface area contributed by atoms with Crippen LogP contribution in [0, 0.1) is 5.92 Å². The van der Waals surface area contributed by atoms with Crippen LogP contribution in [0.2, 0.25) is 0 Å². The minimum Gasteiger partial charge on any atom is -0.349 e. The molecule has 2 unspecified atom stereocenters. The minimum absolute atomic E-state index is 0.107. The van der Waals surface area contributed by atoms with Gasteiger partial charge in [0, 0.05) is 18.2 Å². The van der Waals surface area contributed by atoms with Crippen LogP contribution in [0.4, 0.5) is 5.69 Å². The Balaban J connectivity index is 1.75. The van der Waals surface area contributed by atoms with Crippen LogP contribution in [0.3, 0.4) is 0 Å². The lowest BCUT2D eigenvalue weighted by atomic mass is 9.84. The Morgan fingerprint density at radius 1 is 1.25 bits per heavy atom. The molecule has 1 aliphatic carbocycles. The summed E-state index contributed by atoms with van der Waals surface area (Å²) in [5.41, 5.74) is 6.88. The van der Waals surface area contributed by atoms with Crippen molar-refractivity contribution < 1.29 is 13.2 Å². The molecule has 2 aliphatic rings. The average molecular weight is 351 g/mol. The van der Waals surface area contributed by atoms with Crippen LogP contribution in [0.1, 0.15) is 42.5 Å². The number of nitrogens with two attached hydrogens (primary N) is 1. The van der Waals surface area contributed by atoms with E-state index in [0.717, 1.165) is 25.7 Å². The number of carbonyl (C=O) groups is 1. The maximum Gasteiger partial charge on any atom is 0.251 e. The summed E-state index contributed by atoms with van der Waals surface area (Å²) in [6, 6.07) is 6.97. The van der Waals surface area contributed by atoms with Crippen molar-refractivity contribution in [2.45, 2.75) is 38.1 Å². The molecule has 3 rings (SSSR count). The molecule has 1 saturated heterocycles. The molecule has 6 nitrogen and oxygen atoms in total. The van der Waals surface area contributed by atoms with Gasteiger partial charge in [0.05, 0.1) is 11.4 Å². The monoisotopic (exact) mass is 351 g/mol. The normalized spacial score (nSPS) is 26.3. The topological polar surface area (TPSA) is 92.5 Å². The van der Waals surface area contributed by atoms with E-state index in [1.807, 2.05) is 0 Å². The van der Waals surface area contributed by atoms with Gasteiger partial charge < -0.3 is 11.1 Å². The van der Waals surface area contributed by atoms with Gasteiger partial charge in [-0.05, 0) is 49.9 Å². The molecule has 0 bridgehead atoms. The van der Waals surface area contributed by atoms with Crippen molar-refractivity contribution in [1.29, 1.82) is 0 Å². The first-order valence-corrected chi connectivity index (χ1v) is 10.2. The molecule has 1 amide bonds. The number of sulfonamides is 1. The van der Waals surface area contributed by atoms with Crippen molar-refractivity contribution >= 4 is 21.6 Å². The molecule has 1 saturated carbocycles. The van der Waals surface area contributed by atoms with E-state index in [-0.39, 0.29) is 17.7 Å². The summed E-state index contributed by atoms with van der Waals surface area (Å²) in [6.07, 6.45) is 4.89. The van der Waals surface area contributed by atoms with Gasteiger partial charge in [0.15, 0.2) is 0 Å². The summed E-state index contributed by atoms with van der Waals surface area (Å²) in [5, 5.41) is 3.09. The van der Waals surface area contributed by atoms with E-state index < -0.39 is 10.0 Å². The first kappa shape index (κ1) is 17.2. The molecule has 24 heavy (non-hydrogen) atoms. The smallest absolute Gasteiger partial charge is 0.251 e. The van der Waals surface area contributed by atoms with E-state index in [0.29, 0.717) is 36.7 Å². The van der Waals surface area contributed by atoms with E-state index in [9.17, 15) is 13.2 Å². The number of hydrogen-bond acceptors (Lipinski definition) is 4. The van der Waals surface area contributed by atoms with Crippen molar-refractivity contribution in [3.8, 4) is 0 Å². The molecule has 0 aromatic heterocycles. The van der Waals surface area contributed by atoms with Crippen molar-refractivity contribution in [2.24, 2.45) is 11.7 Å². The van der Waals surface area contributed by atoms with Gasteiger partial charge in [-0.15, -0.1) is 0 Å². The Labute approximate surface area is 143 Å². The highest BCUT2D eigenvalue weighted by Crippen LogP contribution is 2.26. The van der Waals surface area contributed by atoms with Gasteiger partial charge in [-0.2, -0.15) is 0 Å². The predicted molar refractivity (Wildman–Crippen MR) is 94.5 cm³/mol. The highest BCUT2D eigenvalue weighted by atomic mass is 32.2. The van der Waals surface area contributed by atoms with Crippen molar-refractivity contribution in [2.75, 3.05) is 23.1 Å². The Kier molecular flexibility index (Phi) is 5.10. The van der Waals surface area contributed by atoms with Gasteiger partial charge in [-0.1, -0.05) is 18.9 Å². The molecular weight excluding hydrogens is 326 g/mol. The second-order valence-electron chi connectivity index (χ2n) is 6.65. The predicted octanol–water partition coefficient (Wildman–Crippen LogP) is 1.47. The Morgan fingerprint density at radius 3 is 2.75 bits per heavy atom. The molecule has 3 N–H and O–H groups in total. The third-order valence-corrected chi connectivity index (χ3v) is 6.89. The van der Waals surface area contributed by atoms with Gasteiger partial charge >= 0.3 is 0 Å². The Morgan fingerprint density at radius 2 is 2.04 bits per heavy atom. The zero-order valence-electron chi connectivity index (χ0n) is 13.8. The average Bonchev–Trinajstić information content (AvgIpc) is 2.94. The number of benzene rings is 1. The lowest BCUT2D eigenvalue weighted by Crippen LogP contribution is -2.44. The van der Waals surface area contributed by atoms with Crippen molar-refractivity contribution in [3.63, 3.8) is 0 Å². The zero-order valence-corrected chi connectivity index (χ0v) is 14.6. The number of anilines is 1. The zero-order chi connectivity index (χ0) is 17.2. The van der Waals surface area contributed by atoms with Gasteiger partial charge in [0.25, 0.3) is 5.91 Å². The molecule has 0 radical (unpaired) electrons. The van der Waals surface area contributed by atoms with Crippen LogP contribution in [0.25, 0.3) is 0 Å². The summed E-state index contributed by atoms with van der Waals surface area (Å²) in [6.45, 7) is 1.06. The van der Waals surface area contributed by atoms with Crippen LogP contribution < -0.4 is 15.4 Å². The summed E-state index contributed by atoms with van der Waals surface area (Å²) in [4.78, 5) is 12.6. The minimum atomic E-state index is -3.24. The number of hydrogen-bond donors (Lipinski definition) is 2. The van der Waals surface area contributed by atoms with E-state index in [1.165, 1.54) is 4.31 Å². The summed E-state index contributed by atoms with van der Waals surface area (Å²) < 4.78 is 25.5. The van der Waals surface area contributed by atoms with Crippen molar-refractivity contribution in [3.05, 3.63) is 29.8 Å². The fraction of sp³-hybridized carbons (Fsp3) is 0.588. The number of nitrogens with zero attached hydrogens (tertiary/aromatic N) is 1. The fourth-order valence-electron chi connectivity index (χ4n) is 3.66. The van der Waals surface area contributed by atoms with E-state index in [2.05, 4.69) is 5.32 Å². The lowest BCUT2D eigenvalue weighted by Gasteiger charge is -2.31. The highest BCUT2D eigenvalue weighted by Gasteiger charge is 2.29. The van der Waals surface area contributed by atoms with Crippen molar-refractivity contribution in [1.82, 2.24) is 5.32 Å². The number of carbonyl (C=O) groups excluding carboxylic acids is 1. The quantitative estimate of drug-likeness (QED) is 0.859. The van der Waals surface area contributed by atoms with E-state index in [4.69, 9.17) is 5.73 Å². The molecule has 2 atom stereocenters. The Bertz CT molecular complexity index is 705. The van der Waals surface area contributed by atoms with Crippen LogP contribution in [0.5, 0.6) is 0 Å². The maximum absolute atomic E-state index is 12.6. The molecule has 1 aliphatic heterocycles. The summed E-state index contributed by atoms with van der Waals surface area (Å²) in [5.74, 6) is 0.340. The first-order valence-electron chi connectivity index (χ1n) is 8.62. The third-order valence-electron chi connectivity index (χ3n) is 5.02. The number of nitrogens with one attached hydrogen (secondary N) is 1. The molecule has 0 spiro atoms. The van der Waals surface area contributed by atoms with Crippen LogP contribution in [-0.2, 0) is 10.0 Å². The van der Waals surface area contributed by atoms with E-state index in [1.54, 1.807) is 24.3 Å². The number of rotatable bonds is 4. The number of amides is 1. The molecule has 7 heteroatoms. The summed E-state index contributed by atoms with van der Waals surface area (Å²) in [7, 11) is -3.24. The molecule has 2 fully saturated rings. The largest absolute Gasteiger partial charge is 0.349 e. The van der Waals surface area contributed by atoms with Gasteiger partial charge in [0.2, 0.25) is 10.0 Å². The lowest BCUT2D eigenvalue weighted by molar-refractivity contribution is 0.0908. The van der Waals surface area contributed by atoms with Gasteiger partial charge in [-0.25, -0.2) is 8.42 Å². The standard InChI is InChI=1S/C17H25N3O3S/c18-12-14-5-1-2-8-16(14)19-17(21)13-6-3-7-15(11-13)20-9-4-10-24(20,22)23/h3,6-7,11,14,16H,1-2,4-5,8-10,12,18H2,(H,19,21). The van der Waals surface area contributed by atoms with Gasteiger partial charge in [-0.3, -0.25) is 9.10 Å². The molecule has 1 aromatic carbocycles. The summed E-state index contributed by atoms with van der Waals surface area (Å²) >= 11 is 0.